The highest BCUT2D eigenvalue weighted by Crippen LogP contribution is 2.49. The SMILES string of the molecule is CCOC(=O)c1c2n(c3c(Cl)c(N4CCC(N)C4)c(F)cc3c1=O)C(C)S2. The van der Waals surface area contributed by atoms with Gasteiger partial charge in [-0.2, -0.15) is 0 Å². The molecular weight excluding hydrogens is 393 g/mol. The summed E-state index contributed by atoms with van der Waals surface area (Å²) in [6.45, 7) is 4.86. The molecule has 1 aromatic carbocycles. The van der Waals surface area contributed by atoms with Crippen molar-refractivity contribution in [3.8, 4) is 0 Å². The lowest BCUT2D eigenvalue weighted by Crippen LogP contribution is -2.30. The first-order valence-corrected chi connectivity index (χ1v) is 10.0. The summed E-state index contributed by atoms with van der Waals surface area (Å²) in [7, 11) is 0. The number of nitrogens with zero attached hydrogens (tertiary/aromatic N) is 2. The van der Waals surface area contributed by atoms with Gasteiger partial charge in [0.25, 0.3) is 0 Å². The van der Waals surface area contributed by atoms with E-state index in [-0.39, 0.29) is 39.7 Å². The molecule has 6 nitrogen and oxygen atoms in total. The third kappa shape index (κ3) is 2.73. The first-order valence-electron chi connectivity index (χ1n) is 8.79. The summed E-state index contributed by atoms with van der Waals surface area (Å²) in [5.74, 6) is -1.28. The number of benzene rings is 1. The average molecular weight is 412 g/mol. The maximum absolute atomic E-state index is 14.9. The molecule has 2 aromatic rings. The first kappa shape index (κ1) is 18.6. The van der Waals surface area contributed by atoms with Gasteiger partial charge in [0.05, 0.1) is 38.6 Å². The lowest BCUT2D eigenvalue weighted by atomic mass is 10.1. The van der Waals surface area contributed by atoms with Crippen molar-refractivity contribution in [3.05, 3.63) is 32.7 Å². The molecule has 3 heterocycles. The molecule has 9 heteroatoms. The van der Waals surface area contributed by atoms with Crippen molar-refractivity contribution in [1.29, 1.82) is 0 Å². The molecule has 2 aliphatic heterocycles. The summed E-state index contributed by atoms with van der Waals surface area (Å²) in [5.41, 5.74) is 6.05. The number of pyridine rings is 1. The normalized spacial score (nSPS) is 21.3. The van der Waals surface area contributed by atoms with Crippen LogP contribution in [0.5, 0.6) is 0 Å². The molecule has 0 bridgehead atoms. The van der Waals surface area contributed by atoms with Gasteiger partial charge >= 0.3 is 5.97 Å². The second kappa shape index (κ2) is 6.68. The van der Waals surface area contributed by atoms with Gasteiger partial charge in [0.15, 0.2) is 0 Å². The Balaban J connectivity index is 2.01. The number of fused-ring (bicyclic) bond motifs is 3. The highest BCUT2D eigenvalue weighted by atomic mass is 35.5. The van der Waals surface area contributed by atoms with Gasteiger partial charge in [0.1, 0.15) is 11.4 Å². The fraction of sp³-hybridized carbons (Fsp3) is 0.444. The highest BCUT2D eigenvalue weighted by molar-refractivity contribution is 8.00. The van der Waals surface area contributed by atoms with Crippen molar-refractivity contribution in [1.82, 2.24) is 4.57 Å². The lowest BCUT2D eigenvalue weighted by Gasteiger charge is -2.34. The Morgan fingerprint density at radius 2 is 2.26 bits per heavy atom. The number of hydrogen-bond donors (Lipinski definition) is 1. The Kier molecular flexibility index (Phi) is 4.60. The van der Waals surface area contributed by atoms with E-state index in [1.165, 1.54) is 17.8 Å². The fourth-order valence-electron chi connectivity index (χ4n) is 3.75. The number of anilines is 1. The number of thioether (sulfide) groups is 1. The minimum atomic E-state index is -0.696. The van der Waals surface area contributed by atoms with Crippen molar-refractivity contribution in [3.63, 3.8) is 0 Å². The minimum absolute atomic E-state index is 0.0343. The fourth-order valence-corrected chi connectivity index (χ4v) is 5.29. The Morgan fingerprint density at radius 3 is 2.85 bits per heavy atom. The summed E-state index contributed by atoms with van der Waals surface area (Å²) >= 11 is 8.00. The molecule has 1 saturated heterocycles. The molecule has 1 fully saturated rings. The van der Waals surface area contributed by atoms with Crippen molar-refractivity contribution in [2.75, 3.05) is 24.6 Å². The molecule has 1 aromatic heterocycles. The minimum Gasteiger partial charge on any atom is -0.462 e. The quantitative estimate of drug-likeness (QED) is 0.782. The molecule has 27 heavy (non-hydrogen) atoms. The molecule has 144 valence electrons. The van der Waals surface area contributed by atoms with Crippen LogP contribution in [-0.2, 0) is 4.74 Å². The van der Waals surface area contributed by atoms with E-state index >= 15 is 0 Å². The second-order valence-electron chi connectivity index (χ2n) is 6.73. The molecule has 0 amide bonds. The summed E-state index contributed by atoms with van der Waals surface area (Å²) in [5, 5.41) is 0.743. The number of halogens is 2. The summed E-state index contributed by atoms with van der Waals surface area (Å²) in [6.07, 6.45) is 0.750. The third-order valence-corrected chi connectivity index (χ3v) is 6.51. The van der Waals surface area contributed by atoms with Crippen molar-refractivity contribution >= 4 is 45.9 Å². The zero-order chi connectivity index (χ0) is 19.5. The van der Waals surface area contributed by atoms with Gasteiger partial charge in [-0.15, -0.1) is 0 Å². The van der Waals surface area contributed by atoms with Gasteiger partial charge in [0, 0.05) is 19.1 Å². The van der Waals surface area contributed by atoms with Crippen LogP contribution in [0.4, 0.5) is 10.1 Å². The largest absolute Gasteiger partial charge is 0.462 e. The number of rotatable bonds is 3. The molecule has 0 aliphatic carbocycles. The number of nitrogens with two attached hydrogens (primary N) is 1. The van der Waals surface area contributed by atoms with E-state index in [4.69, 9.17) is 22.1 Å². The van der Waals surface area contributed by atoms with Crippen LogP contribution in [0.3, 0.4) is 0 Å². The van der Waals surface area contributed by atoms with Gasteiger partial charge in [-0.25, -0.2) is 9.18 Å². The van der Waals surface area contributed by atoms with Crippen LogP contribution >= 0.6 is 23.4 Å². The molecule has 0 radical (unpaired) electrons. The number of hydrogen-bond acceptors (Lipinski definition) is 6. The van der Waals surface area contributed by atoms with Gasteiger partial charge in [0.2, 0.25) is 5.43 Å². The van der Waals surface area contributed by atoms with Crippen LogP contribution in [0, 0.1) is 5.82 Å². The zero-order valence-corrected chi connectivity index (χ0v) is 16.5. The molecule has 2 aliphatic rings. The zero-order valence-electron chi connectivity index (χ0n) is 14.9. The van der Waals surface area contributed by atoms with Gasteiger partial charge in [-0.05, 0) is 26.3 Å². The van der Waals surface area contributed by atoms with Crippen LogP contribution < -0.4 is 16.1 Å². The topological polar surface area (TPSA) is 77.6 Å². The molecule has 0 saturated carbocycles. The first-order chi connectivity index (χ1) is 12.8. The molecular formula is C18H19ClFN3O3S. The number of aromatic nitrogens is 1. The van der Waals surface area contributed by atoms with Crippen molar-refractivity contribution < 1.29 is 13.9 Å². The van der Waals surface area contributed by atoms with E-state index in [1.54, 1.807) is 6.92 Å². The second-order valence-corrected chi connectivity index (χ2v) is 8.41. The van der Waals surface area contributed by atoms with Crippen LogP contribution in [0.25, 0.3) is 10.9 Å². The number of carbonyl (C=O) groups is 1. The van der Waals surface area contributed by atoms with E-state index in [0.29, 0.717) is 23.6 Å². The molecule has 0 spiro atoms. The maximum atomic E-state index is 14.9. The van der Waals surface area contributed by atoms with E-state index < -0.39 is 17.2 Å². The maximum Gasteiger partial charge on any atom is 0.344 e. The molecule has 2 atom stereocenters. The smallest absolute Gasteiger partial charge is 0.344 e. The Labute approximate surface area is 164 Å². The van der Waals surface area contributed by atoms with Gasteiger partial charge in [-0.3, -0.25) is 4.79 Å². The monoisotopic (exact) mass is 411 g/mol. The summed E-state index contributed by atoms with van der Waals surface area (Å²) in [6, 6.07) is 1.14. The number of ether oxygens (including phenoxy) is 1. The van der Waals surface area contributed by atoms with E-state index in [0.717, 1.165) is 6.42 Å². The lowest BCUT2D eigenvalue weighted by molar-refractivity contribution is 0.0518. The average Bonchev–Trinajstić information content (AvgIpc) is 3.02. The van der Waals surface area contributed by atoms with Crippen LogP contribution in [0.1, 0.15) is 36.0 Å². The number of carbonyl (C=O) groups excluding carboxylic acids is 1. The van der Waals surface area contributed by atoms with Gasteiger partial charge < -0.3 is 19.9 Å². The Morgan fingerprint density at radius 1 is 1.52 bits per heavy atom. The standard InChI is InChI=1S/C18H19ClFN3O3S/c1-3-26-18(25)12-16(24)10-6-11(20)15(22-5-4-9(21)7-22)13(19)14(10)23-8(2)27-17(12)23/h6,8-9H,3-5,7,21H2,1-2H3. The summed E-state index contributed by atoms with van der Waals surface area (Å²) in [4.78, 5) is 27.1. The van der Waals surface area contributed by atoms with E-state index in [9.17, 15) is 14.0 Å². The number of esters is 1. The van der Waals surface area contributed by atoms with E-state index in [1.807, 2.05) is 16.4 Å². The van der Waals surface area contributed by atoms with Gasteiger partial charge in [-0.1, -0.05) is 23.4 Å². The molecule has 4 rings (SSSR count). The molecule has 2 unspecified atom stereocenters. The van der Waals surface area contributed by atoms with Crippen LogP contribution in [0.15, 0.2) is 15.9 Å². The van der Waals surface area contributed by atoms with E-state index in [2.05, 4.69) is 0 Å². The highest BCUT2D eigenvalue weighted by Gasteiger charge is 2.36. The predicted octanol–water partition coefficient (Wildman–Crippen LogP) is 3.13. The van der Waals surface area contributed by atoms with Crippen molar-refractivity contribution in [2.45, 2.75) is 36.7 Å². The summed E-state index contributed by atoms with van der Waals surface area (Å²) < 4.78 is 21.8. The third-order valence-electron chi connectivity index (χ3n) is 4.98. The van der Waals surface area contributed by atoms with Crippen LogP contribution in [0.2, 0.25) is 5.02 Å². The Hall–Kier alpha value is -1.77. The van der Waals surface area contributed by atoms with Crippen molar-refractivity contribution in [2.24, 2.45) is 5.73 Å². The predicted molar refractivity (Wildman–Crippen MR) is 105 cm³/mol. The Bertz CT molecular complexity index is 1030. The van der Waals surface area contributed by atoms with Crippen LogP contribution in [-0.4, -0.2) is 36.3 Å². The molecule has 2 N–H and O–H groups in total.